The van der Waals surface area contributed by atoms with Gasteiger partial charge in [-0.25, -0.2) is 4.98 Å². The van der Waals surface area contributed by atoms with Crippen LogP contribution in [0.2, 0.25) is 0 Å². The fourth-order valence-corrected chi connectivity index (χ4v) is 2.98. The maximum absolute atomic E-state index is 11.8. The van der Waals surface area contributed by atoms with Gasteiger partial charge in [0.25, 0.3) is 0 Å². The van der Waals surface area contributed by atoms with Gasteiger partial charge in [0.05, 0.1) is 5.25 Å². The number of aromatic nitrogens is 3. The molecule has 1 atom stereocenters. The summed E-state index contributed by atoms with van der Waals surface area (Å²) >= 11 is 1.49. The summed E-state index contributed by atoms with van der Waals surface area (Å²) in [5.41, 5.74) is 0. The van der Waals surface area contributed by atoms with Crippen molar-refractivity contribution < 1.29 is 4.79 Å². The number of carbonyl (C=O) groups excluding carboxylic acids is 1. The lowest BCUT2D eigenvalue weighted by Gasteiger charge is -2.09. The predicted octanol–water partition coefficient (Wildman–Crippen LogP) is 1.44. The Balaban J connectivity index is 1.65. The number of hydrogen-bond acceptors (Lipinski definition) is 4. The molecule has 0 aromatic carbocycles. The molecule has 1 saturated carbocycles. The number of thioether (sulfide) groups is 1. The Morgan fingerprint density at radius 2 is 2.12 bits per heavy atom. The Bertz CT molecular complexity index is 415. The van der Waals surface area contributed by atoms with Crippen molar-refractivity contribution in [2.45, 2.75) is 48.4 Å². The highest BCUT2D eigenvalue weighted by molar-refractivity contribution is 8.00. The smallest absolute Gasteiger partial charge is 0.233 e. The number of aromatic amines is 1. The van der Waals surface area contributed by atoms with E-state index in [-0.39, 0.29) is 11.2 Å². The highest BCUT2D eigenvalue weighted by Gasteiger charge is 2.28. The van der Waals surface area contributed by atoms with E-state index in [1.807, 2.05) is 0 Å². The molecule has 3 rings (SSSR count). The standard InChI is InChI=1S/C11H16N4OS/c16-10-8(3-1-2-6-12-10)17-11-13-9(14-15-11)7-4-5-7/h7-8H,1-6H2,(H,12,16)(H,13,14,15)/t8-/m1/s1. The van der Waals surface area contributed by atoms with Crippen LogP contribution in [0.25, 0.3) is 0 Å². The first kappa shape index (κ1) is 11.1. The Labute approximate surface area is 104 Å². The van der Waals surface area contributed by atoms with Gasteiger partial charge in [0.15, 0.2) is 0 Å². The minimum Gasteiger partial charge on any atom is -0.355 e. The van der Waals surface area contributed by atoms with Gasteiger partial charge in [-0.05, 0) is 25.7 Å². The van der Waals surface area contributed by atoms with Gasteiger partial charge in [-0.15, -0.1) is 5.10 Å². The van der Waals surface area contributed by atoms with Crippen molar-refractivity contribution in [3.63, 3.8) is 0 Å². The molecule has 1 aromatic heterocycles. The van der Waals surface area contributed by atoms with Gasteiger partial charge in [-0.1, -0.05) is 18.2 Å². The van der Waals surface area contributed by atoms with Crippen LogP contribution in [0.15, 0.2) is 5.16 Å². The van der Waals surface area contributed by atoms with Gasteiger partial charge in [0.2, 0.25) is 11.1 Å². The van der Waals surface area contributed by atoms with Crippen LogP contribution in [-0.2, 0) is 4.79 Å². The maximum Gasteiger partial charge on any atom is 0.233 e. The van der Waals surface area contributed by atoms with E-state index in [0.29, 0.717) is 11.1 Å². The average molecular weight is 252 g/mol. The van der Waals surface area contributed by atoms with E-state index in [9.17, 15) is 4.79 Å². The van der Waals surface area contributed by atoms with Crippen LogP contribution in [0.4, 0.5) is 0 Å². The number of rotatable bonds is 3. The van der Waals surface area contributed by atoms with Gasteiger partial charge in [-0.3, -0.25) is 9.89 Å². The van der Waals surface area contributed by atoms with Crippen LogP contribution in [-0.4, -0.2) is 32.9 Å². The van der Waals surface area contributed by atoms with E-state index >= 15 is 0 Å². The van der Waals surface area contributed by atoms with Crippen molar-refractivity contribution in [2.75, 3.05) is 6.54 Å². The summed E-state index contributed by atoms with van der Waals surface area (Å²) in [6.07, 6.45) is 5.51. The molecule has 1 aliphatic heterocycles. The molecule has 6 heteroatoms. The van der Waals surface area contributed by atoms with E-state index in [1.165, 1.54) is 24.6 Å². The van der Waals surface area contributed by atoms with Gasteiger partial charge < -0.3 is 5.32 Å². The molecule has 2 fully saturated rings. The lowest BCUT2D eigenvalue weighted by Crippen LogP contribution is -2.30. The molecule has 2 heterocycles. The highest BCUT2D eigenvalue weighted by atomic mass is 32.2. The first-order valence-corrected chi connectivity index (χ1v) is 7.07. The molecule has 1 saturated heterocycles. The topological polar surface area (TPSA) is 70.7 Å². The molecule has 1 aliphatic carbocycles. The lowest BCUT2D eigenvalue weighted by molar-refractivity contribution is -0.120. The predicted molar refractivity (Wildman–Crippen MR) is 64.9 cm³/mol. The average Bonchev–Trinajstić information content (AvgIpc) is 3.09. The first-order valence-electron chi connectivity index (χ1n) is 6.19. The summed E-state index contributed by atoms with van der Waals surface area (Å²) in [7, 11) is 0. The Hall–Kier alpha value is -1.04. The van der Waals surface area contributed by atoms with Crippen LogP contribution in [0.1, 0.15) is 43.8 Å². The van der Waals surface area contributed by atoms with Crippen molar-refractivity contribution in [1.82, 2.24) is 20.5 Å². The zero-order valence-corrected chi connectivity index (χ0v) is 10.4. The fraction of sp³-hybridized carbons (Fsp3) is 0.727. The molecule has 0 bridgehead atoms. The molecule has 2 aliphatic rings. The van der Waals surface area contributed by atoms with Crippen molar-refractivity contribution >= 4 is 17.7 Å². The second-order valence-electron chi connectivity index (χ2n) is 4.67. The zero-order chi connectivity index (χ0) is 11.7. The zero-order valence-electron chi connectivity index (χ0n) is 9.61. The lowest BCUT2D eigenvalue weighted by atomic mass is 10.2. The molecule has 92 valence electrons. The van der Waals surface area contributed by atoms with Gasteiger partial charge in [0.1, 0.15) is 5.82 Å². The molecule has 1 aromatic rings. The van der Waals surface area contributed by atoms with E-state index in [2.05, 4.69) is 20.5 Å². The largest absolute Gasteiger partial charge is 0.355 e. The minimum atomic E-state index is -0.0275. The van der Waals surface area contributed by atoms with E-state index in [1.54, 1.807) is 0 Å². The minimum absolute atomic E-state index is 0.0275. The summed E-state index contributed by atoms with van der Waals surface area (Å²) in [4.78, 5) is 16.2. The van der Waals surface area contributed by atoms with E-state index in [4.69, 9.17) is 0 Å². The second kappa shape index (κ2) is 4.68. The van der Waals surface area contributed by atoms with Crippen LogP contribution in [0.3, 0.4) is 0 Å². The fourth-order valence-electron chi connectivity index (χ4n) is 2.00. The molecule has 17 heavy (non-hydrogen) atoms. The molecule has 5 nitrogen and oxygen atoms in total. The van der Waals surface area contributed by atoms with Crippen LogP contribution >= 0.6 is 11.8 Å². The summed E-state index contributed by atoms with van der Waals surface area (Å²) in [6.45, 7) is 0.803. The molecule has 2 N–H and O–H groups in total. The van der Waals surface area contributed by atoms with E-state index in [0.717, 1.165) is 31.6 Å². The van der Waals surface area contributed by atoms with Crippen molar-refractivity contribution in [3.8, 4) is 0 Å². The number of H-pyrrole nitrogens is 1. The molecule has 0 spiro atoms. The molecule has 0 unspecified atom stereocenters. The van der Waals surface area contributed by atoms with Gasteiger partial charge >= 0.3 is 0 Å². The molecular weight excluding hydrogens is 236 g/mol. The van der Waals surface area contributed by atoms with Crippen molar-refractivity contribution in [1.29, 1.82) is 0 Å². The number of hydrogen-bond donors (Lipinski definition) is 2. The number of nitrogens with zero attached hydrogens (tertiary/aromatic N) is 2. The highest BCUT2D eigenvalue weighted by Crippen LogP contribution is 2.38. The second-order valence-corrected chi connectivity index (χ2v) is 5.84. The Morgan fingerprint density at radius 3 is 2.94 bits per heavy atom. The third kappa shape index (κ3) is 2.62. The third-order valence-corrected chi connectivity index (χ3v) is 4.31. The third-order valence-electron chi connectivity index (χ3n) is 3.18. The number of amides is 1. The first-order chi connectivity index (χ1) is 8.33. The number of carbonyl (C=O) groups is 1. The van der Waals surface area contributed by atoms with Crippen LogP contribution in [0, 0.1) is 0 Å². The molecular formula is C11H16N4OS. The normalized spacial score (nSPS) is 25.4. The Morgan fingerprint density at radius 1 is 1.24 bits per heavy atom. The quantitative estimate of drug-likeness (QED) is 0.854. The maximum atomic E-state index is 11.8. The summed E-state index contributed by atoms with van der Waals surface area (Å²) in [5, 5.41) is 10.8. The monoisotopic (exact) mass is 252 g/mol. The molecule has 1 amide bonds. The van der Waals surface area contributed by atoms with Gasteiger partial charge in [0, 0.05) is 12.5 Å². The summed E-state index contributed by atoms with van der Waals surface area (Å²) in [5.74, 6) is 1.70. The molecule has 0 radical (unpaired) electrons. The Kier molecular flexibility index (Phi) is 3.05. The van der Waals surface area contributed by atoms with Crippen molar-refractivity contribution in [2.24, 2.45) is 0 Å². The number of nitrogens with one attached hydrogen (secondary N) is 2. The summed E-state index contributed by atoms with van der Waals surface area (Å²) in [6, 6.07) is 0. The van der Waals surface area contributed by atoms with Gasteiger partial charge in [-0.2, -0.15) is 0 Å². The van der Waals surface area contributed by atoms with Crippen molar-refractivity contribution in [3.05, 3.63) is 5.82 Å². The van der Waals surface area contributed by atoms with Crippen LogP contribution in [0.5, 0.6) is 0 Å². The summed E-state index contributed by atoms with van der Waals surface area (Å²) < 4.78 is 0. The van der Waals surface area contributed by atoms with Crippen LogP contribution < -0.4 is 5.32 Å². The SMILES string of the molecule is O=C1NCCCC[C@H]1Sc1n[nH]c(C2CC2)n1. The van der Waals surface area contributed by atoms with E-state index < -0.39 is 0 Å².